The highest BCUT2D eigenvalue weighted by molar-refractivity contribution is 6.42. The summed E-state index contributed by atoms with van der Waals surface area (Å²) in [6, 6.07) is 21.2. The maximum atomic E-state index is 13.1. The van der Waals surface area contributed by atoms with E-state index >= 15 is 0 Å². The summed E-state index contributed by atoms with van der Waals surface area (Å²) in [7, 11) is 1.66. The van der Waals surface area contributed by atoms with Crippen LogP contribution in [0.25, 0.3) is 17.0 Å². The number of amides is 1. The number of carbonyl (C=O) groups excluding carboxylic acids is 1. The third kappa shape index (κ3) is 5.78. The van der Waals surface area contributed by atoms with E-state index in [1.165, 1.54) is 0 Å². The molecule has 0 unspecified atom stereocenters. The summed E-state index contributed by atoms with van der Waals surface area (Å²) in [6.07, 6.45) is 6.14. The van der Waals surface area contributed by atoms with E-state index in [-0.39, 0.29) is 5.91 Å². The van der Waals surface area contributed by atoms with Crippen molar-refractivity contribution in [2.45, 2.75) is 13.0 Å². The third-order valence-corrected chi connectivity index (χ3v) is 6.25. The highest BCUT2D eigenvalue weighted by Crippen LogP contribution is 2.25. The second kappa shape index (κ2) is 10.6. The Balaban J connectivity index is 1.55. The molecule has 0 fully saturated rings. The Bertz CT molecular complexity index is 1280. The van der Waals surface area contributed by atoms with E-state index in [0.29, 0.717) is 29.6 Å². The fourth-order valence-corrected chi connectivity index (χ4v) is 4.03. The first kappa shape index (κ1) is 23.0. The van der Waals surface area contributed by atoms with Gasteiger partial charge in [-0.15, -0.1) is 0 Å². The molecule has 0 bridgehead atoms. The fourth-order valence-electron chi connectivity index (χ4n) is 3.71. The minimum atomic E-state index is -0.0673. The molecule has 0 aliphatic carbocycles. The van der Waals surface area contributed by atoms with Crippen LogP contribution in [0.3, 0.4) is 0 Å². The molecule has 6 heteroatoms. The number of nitrogens with zero attached hydrogens (tertiary/aromatic N) is 1. The molecule has 0 radical (unpaired) electrons. The molecule has 0 saturated heterocycles. The minimum absolute atomic E-state index is 0.0673. The van der Waals surface area contributed by atoms with Gasteiger partial charge in [-0.3, -0.25) is 4.79 Å². The third-order valence-electron chi connectivity index (χ3n) is 5.51. The average molecular weight is 479 g/mol. The molecule has 4 rings (SSSR count). The van der Waals surface area contributed by atoms with Crippen molar-refractivity contribution in [2.24, 2.45) is 0 Å². The van der Waals surface area contributed by atoms with E-state index in [4.69, 9.17) is 27.9 Å². The van der Waals surface area contributed by atoms with E-state index in [1.807, 2.05) is 77.8 Å². The van der Waals surface area contributed by atoms with E-state index in [0.717, 1.165) is 33.3 Å². The highest BCUT2D eigenvalue weighted by atomic mass is 35.5. The molecular formula is C27H24Cl2N2O2. The van der Waals surface area contributed by atoms with Crippen LogP contribution in [-0.4, -0.2) is 29.4 Å². The Morgan fingerprint density at radius 1 is 1.03 bits per heavy atom. The number of hydrogen-bond acceptors (Lipinski definition) is 2. The van der Waals surface area contributed by atoms with Crippen molar-refractivity contribution in [3.05, 3.63) is 106 Å². The Morgan fingerprint density at radius 3 is 2.61 bits per heavy atom. The number of nitrogens with one attached hydrogen (secondary N) is 1. The number of fused-ring (bicyclic) bond motifs is 1. The lowest BCUT2D eigenvalue weighted by Gasteiger charge is -2.22. The second-order valence-electron chi connectivity index (χ2n) is 7.73. The van der Waals surface area contributed by atoms with Crippen LogP contribution in [0.4, 0.5) is 0 Å². The number of halogens is 2. The molecule has 0 aliphatic heterocycles. The predicted molar refractivity (Wildman–Crippen MR) is 136 cm³/mol. The Morgan fingerprint density at radius 2 is 1.85 bits per heavy atom. The number of aromatic amines is 1. The summed E-state index contributed by atoms with van der Waals surface area (Å²) >= 11 is 12.3. The Hall–Kier alpha value is -3.21. The van der Waals surface area contributed by atoms with Crippen LogP contribution < -0.4 is 4.74 Å². The van der Waals surface area contributed by atoms with Crippen molar-refractivity contribution in [3.8, 4) is 5.75 Å². The van der Waals surface area contributed by atoms with Gasteiger partial charge in [0.25, 0.3) is 0 Å². The number of hydrogen-bond donors (Lipinski definition) is 1. The lowest BCUT2D eigenvalue weighted by atomic mass is 10.1. The van der Waals surface area contributed by atoms with Gasteiger partial charge in [0.1, 0.15) is 5.75 Å². The first-order valence-corrected chi connectivity index (χ1v) is 11.4. The molecule has 1 aromatic heterocycles. The summed E-state index contributed by atoms with van der Waals surface area (Å²) in [4.78, 5) is 18.3. The van der Waals surface area contributed by atoms with Gasteiger partial charge < -0.3 is 14.6 Å². The van der Waals surface area contributed by atoms with Crippen LogP contribution in [-0.2, 0) is 17.8 Å². The van der Waals surface area contributed by atoms with Gasteiger partial charge in [-0.05, 0) is 59.5 Å². The van der Waals surface area contributed by atoms with Crippen LogP contribution in [0.5, 0.6) is 5.75 Å². The SMILES string of the molecule is COc1ccc2[nH]cc(CCN(Cc3ccc(Cl)c(Cl)c3)C(=O)/C=C/c3ccccc3)c2c1. The molecule has 4 nitrogen and oxygen atoms in total. The van der Waals surface area contributed by atoms with Crippen LogP contribution in [0.1, 0.15) is 16.7 Å². The zero-order valence-corrected chi connectivity index (χ0v) is 19.7. The Kier molecular flexibility index (Phi) is 7.38. The maximum Gasteiger partial charge on any atom is 0.246 e. The number of methoxy groups -OCH3 is 1. The van der Waals surface area contributed by atoms with E-state index < -0.39 is 0 Å². The van der Waals surface area contributed by atoms with Gasteiger partial charge in [-0.25, -0.2) is 0 Å². The van der Waals surface area contributed by atoms with Gasteiger partial charge in [0.05, 0.1) is 17.2 Å². The largest absolute Gasteiger partial charge is 0.497 e. The normalized spacial score (nSPS) is 11.2. The summed E-state index contributed by atoms with van der Waals surface area (Å²) in [6.45, 7) is 0.975. The Labute approximate surface area is 203 Å². The summed E-state index contributed by atoms with van der Waals surface area (Å²) < 4.78 is 5.37. The number of benzene rings is 3. The quantitative estimate of drug-likeness (QED) is 0.284. The first-order chi connectivity index (χ1) is 16.0. The molecule has 4 aromatic rings. The van der Waals surface area contributed by atoms with Crippen molar-refractivity contribution in [2.75, 3.05) is 13.7 Å². The number of aromatic nitrogens is 1. The van der Waals surface area contributed by atoms with Crippen LogP contribution in [0, 0.1) is 0 Å². The van der Waals surface area contributed by atoms with Gasteiger partial charge in [-0.2, -0.15) is 0 Å². The molecule has 0 atom stereocenters. The lowest BCUT2D eigenvalue weighted by molar-refractivity contribution is -0.126. The molecule has 0 saturated carbocycles. The monoisotopic (exact) mass is 478 g/mol. The summed E-state index contributed by atoms with van der Waals surface area (Å²) in [5.74, 6) is 0.736. The zero-order chi connectivity index (χ0) is 23.2. The molecule has 1 heterocycles. The van der Waals surface area contributed by atoms with Gasteiger partial charge in [0, 0.05) is 36.3 Å². The minimum Gasteiger partial charge on any atom is -0.497 e. The van der Waals surface area contributed by atoms with Crippen molar-refractivity contribution >= 4 is 46.1 Å². The maximum absolute atomic E-state index is 13.1. The van der Waals surface area contributed by atoms with Gasteiger partial charge in [0.2, 0.25) is 5.91 Å². The zero-order valence-electron chi connectivity index (χ0n) is 18.2. The molecule has 3 aromatic carbocycles. The standard InChI is InChI=1S/C27H24Cl2N2O2/c1-33-22-9-11-26-23(16-22)21(17-30-26)13-14-31(18-20-7-10-24(28)25(29)15-20)27(32)12-8-19-5-3-2-4-6-19/h2-12,15-17,30H,13-14,18H2,1H3/b12-8+. The molecular weight excluding hydrogens is 455 g/mol. The van der Waals surface area contributed by atoms with Crippen molar-refractivity contribution in [3.63, 3.8) is 0 Å². The predicted octanol–water partition coefficient (Wildman–Crippen LogP) is 6.77. The molecule has 0 aliphatic rings. The molecule has 1 amide bonds. The van der Waals surface area contributed by atoms with E-state index in [1.54, 1.807) is 19.3 Å². The van der Waals surface area contributed by atoms with Crippen LogP contribution in [0.2, 0.25) is 10.0 Å². The topological polar surface area (TPSA) is 45.3 Å². The first-order valence-electron chi connectivity index (χ1n) is 10.6. The number of rotatable bonds is 8. The molecule has 1 N–H and O–H groups in total. The van der Waals surface area contributed by atoms with Crippen molar-refractivity contribution in [1.82, 2.24) is 9.88 Å². The van der Waals surface area contributed by atoms with Crippen molar-refractivity contribution < 1.29 is 9.53 Å². The molecule has 168 valence electrons. The smallest absolute Gasteiger partial charge is 0.246 e. The highest BCUT2D eigenvalue weighted by Gasteiger charge is 2.14. The van der Waals surface area contributed by atoms with Crippen LogP contribution >= 0.6 is 23.2 Å². The number of H-pyrrole nitrogens is 1. The number of carbonyl (C=O) groups is 1. The van der Waals surface area contributed by atoms with Gasteiger partial charge in [-0.1, -0.05) is 59.6 Å². The lowest BCUT2D eigenvalue weighted by Crippen LogP contribution is -2.31. The molecule has 33 heavy (non-hydrogen) atoms. The van der Waals surface area contributed by atoms with Gasteiger partial charge >= 0.3 is 0 Å². The fraction of sp³-hybridized carbons (Fsp3) is 0.148. The molecule has 0 spiro atoms. The van der Waals surface area contributed by atoms with E-state index in [2.05, 4.69) is 4.98 Å². The van der Waals surface area contributed by atoms with Gasteiger partial charge in [0.15, 0.2) is 0 Å². The van der Waals surface area contributed by atoms with Crippen molar-refractivity contribution in [1.29, 1.82) is 0 Å². The van der Waals surface area contributed by atoms with E-state index in [9.17, 15) is 4.79 Å². The summed E-state index contributed by atoms with van der Waals surface area (Å²) in [5, 5.41) is 2.07. The van der Waals surface area contributed by atoms with Crippen LogP contribution in [0.15, 0.2) is 79.0 Å². The average Bonchev–Trinajstić information content (AvgIpc) is 3.25. The summed E-state index contributed by atoms with van der Waals surface area (Å²) in [5.41, 5.74) is 4.07. The second-order valence-corrected chi connectivity index (χ2v) is 8.54. The number of ether oxygens (including phenoxy) is 1.